The molecule has 5 rings (SSSR count). The van der Waals surface area contributed by atoms with Gasteiger partial charge in [0.15, 0.2) is 5.11 Å². The van der Waals surface area contributed by atoms with E-state index >= 15 is 0 Å². The summed E-state index contributed by atoms with van der Waals surface area (Å²) in [6, 6.07) is 13.1. The standard InChI is InChI=1S/C28H40N6OS/c1-22-10-14-33(15-11-22)24-20-25(34-16-18-35-19-17-34)31-26(30-24)32-27(36)29-21-28(12-6-3-7-13-28)23-8-4-2-5-9-23/h2,4-5,8-9,20,22H,3,6-7,10-19,21H2,1H3,(H2,29,30,31,32,36). The van der Waals surface area contributed by atoms with Crippen molar-refractivity contribution in [3.63, 3.8) is 0 Å². The summed E-state index contributed by atoms with van der Waals surface area (Å²) in [7, 11) is 0. The van der Waals surface area contributed by atoms with E-state index in [1.54, 1.807) is 0 Å². The second kappa shape index (κ2) is 11.7. The molecular weight excluding hydrogens is 468 g/mol. The number of anilines is 3. The third-order valence-corrected chi connectivity index (χ3v) is 8.40. The Bertz CT molecular complexity index is 998. The number of piperidine rings is 1. The van der Waals surface area contributed by atoms with Crippen molar-refractivity contribution in [3.05, 3.63) is 42.0 Å². The third kappa shape index (κ3) is 6.09. The number of nitrogens with zero attached hydrogens (tertiary/aromatic N) is 4. The lowest BCUT2D eigenvalue weighted by atomic mass is 9.69. The Morgan fingerprint density at radius 2 is 1.61 bits per heavy atom. The number of hydrogen-bond acceptors (Lipinski definition) is 6. The van der Waals surface area contributed by atoms with E-state index in [9.17, 15) is 0 Å². The minimum absolute atomic E-state index is 0.122. The van der Waals surface area contributed by atoms with Crippen LogP contribution in [0.25, 0.3) is 0 Å². The summed E-state index contributed by atoms with van der Waals surface area (Å²) in [5, 5.41) is 7.46. The highest BCUT2D eigenvalue weighted by Crippen LogP contribution is 2.39. The van der Waals surface area contributed by atoms with Crippen molar-refractivity contribution >= 4 is 34.9 Å². The van der Waals surface area contributed by atoms with Gasteiger partial charge in [-0.1, -0.05) is 56.5 Å². The molecule has 1 saturated carbocycles. The van der Waals surface area contributed by atoms with Crippen LogP contribution in [0.5, 0.6) is 0 Å². The number of thiocarbonyl (C=S) groups is 1. The number of rotatable bonds is 6. The molecule has 2 N–H and O–H groups in total. The Hall–Kier alpha value is -2.45. The van der Waals surface area contributed by atoms with Crippen LogP contribution in [0.2, 0.25) is 0 Å². The largest absolute Gasteiger partial charge is 0.378 e. The molecule has 1 aromatic carbocycles. The smallest absolute Gasteiger partial charge is 0.232 e. The third-order valence-electron chi connectivity index (χ3n) is 8.15. The molecule has 8 heteroatoms. The summed E-state index contributed by atoms with van der Waals surface area (Å²) in [5.41, 5.74) is 1.53. The van der Waals surface area contributed by atoms with Gasteiger partial charge in [0.05, 0.1) is 13.2 Å². The molecule has 2 saturated heterocycles. The summed E-state index contributed by atoms with van der Waals surface area (Å²) in [5.74, 6) is 3.27. The van der Waals surface area contributed by atoms with E-state index in [1.807, 2.05) is 0 Å². The van der Waals surface area contributed by atoms with Crippen LogP contribution in [-0.4, -0.2) is 61.0 Å². The molecule has 0 radical (unpaired) electrons. The molecule has 0 atom stereocenters. The fourth-order valence-corrected chi connectivity index (χ4v) is 5.98. The Labute approximate surface area is 221 Å². The van der Waals surface area contributed by atoms with E-state index in [0.717, 1.165) is 63.5 Å². The van der Waals surface area contributed by atoms with Gasteiger partial charge in [0, 0.05) is 44.2 Å². The summed E-state index contributed by atoms with van der Waals surface area (Å²) >= 11 is 5.77. The van der Waals surface area contributed by atoms with Crippen molar-refractivity contribution in [2.45, 2.75) is 57.3 Å². The number of ether oxygens (including phenoxy) is 1. The fraction of sp³-hybridized carbons (Fsp3) is 0.607. The average Bonchev–Trinajstić information content (AvgIpc) is 2.94. The first-order valence-corrected chi connectivity index (χ1v) is 14.1. The maximum Gasteiger partial charge on any atom is 0.232 e. The minimum Gasteiger partial charge on any atom is -0.378 e. The minimum atomic E-state index is 0.122. The highest BCUT2D eigenvalue weighted by atomic mass is 32.1. The molecule has 3 aliphatic rings. The molecule has 3 fully saturated rings. The molecule has 0 bridgehead atoms. The lowest BCUT2D eigenvalue weighted by molar-refractivity contribution is 0.122. The van der Waals surface area contributed by atoms with Crippen LogP contribution in [-0.2, 0) is 10.2 Å². The zero-order chi connectivity index (χ0) is 24.8. The van der Waals surface area contributed by atoms with Gasteiger partial charge >= 0.3 is 0 Å². The first-order valence-electron chi connectivity index (χ1n) is 13.7. The topological polar surface area (TPSA) is 65.6 Å². The first kappa shape index (κ1) is 25.2. The number of morpholine rings is 1. The fourth-order valence-electron chi connectivity index (χ4n) is 5.82. The molecule has 36 heavy (non-hydrogen) atoms. The molecule has 1 aliphatic carbocycles. The molecule has 194 valence electrons. The SMILES string of the molecule is CC1CCN(c2cc(N3CCOCC3)nc(NC(=S)NCC3(c4ccccc4)CCCCC3)n2)CC1. The molecule has 7 nitrogen and oxygen atoms in total. The van der Waals surface area contributed by atoms with Crippen molar-refractivity contribution in [2.75, 3.05) is 61.1 Å². The maximum atomic E-state index is 5.77. The average molecular weight is 509 g/mol. The lowest BCUT2D eigenvalue weighted by Gasteiger charge is -2.38. The first-order chi connectivity index (χ1) is 17.6. The van der Waals surface area contributed by atoms with Crippen LogP contribution in [0.1, 0.15) is 57.4 Å². The summed E-state index contributed by atoms with van der Waals surface area (Å²) in [4.78, 5) is 14.5. The van der Waals surface area contributed by atoms with Gasteiger partial charge in [-0.3, -0.25) is 0 Å². The van der Waals surface area contributed by atoms with Crippen LogP contribution >= 0.6 is 12.2 Å². The quantitative estimate of drug-likeness (QED) is 0.543. The van der Waals surface area contributed by atoms with Gasteiger partial charge in [-0.15, -0.1) is 0 Å². The van der Waals surface area contributed by atoms with E-state index < -0.39 is 0 Å². The van der Waals surface area contributed by atoms with Gasteiger partial charge < -0.3 is 25.2 Å². The number of benzene rings is 1. The van der Waals surface area contributed by atoms with Crippen molar-refractivity contribution in [3.8, 4) is 0 Å². The molecule has 0 spiro atoms. The molecular formula is C28H40N6OS. The lowest BCUT2D eigenvalue weighted by Crippen LogP contribution is -2.43. The number of nitrogens with one attached hydrogen (secondary N) is 2. The second-order valence-corrected chi connectivity index (χ2v) is 11.1. The maximum absolute atomic E-state index is 5.77. The van der Waals surface area contributed by atoms with Crippen molar-refractivity contribution in [1.82, 2.24) is 15.3 Å². The van der Waals surface area contributed by atoms with Gasteiger partial charge in [-0.2, -0.15) is 9.97 Å². The summed E-state index contributed by atoms with van der Waals surface area (Å²) < 4.78 is 5.57. The van der Waals surface area contributed by atoms with Crippen LogP contribution in [0.4, 0.5) is 17.6 Å². The van der Waals surface area contributed by atoms with E-state index in [0.29, 0.717) is 11.1 Å². The zero-order valence-electron chi connectivity index (χ0n) is 21.5. The van der Waals surface area contributed by atoms with Gasteiger partial charge in [0.1, 0.15) is 11.6 Å². The van der Waals surface area contributed by atoms with Crippen LogP contribution in [0.3, 0.4) is 0 Å². The van der Waals surface area contributed by atoms with Crippen molar-refractivity contribution < 1.29 is 4.74 Å². The molecule has 0 unspecified atom stereocenters. The van der Waals surface area contributed by atoms with E-state index in [1.165, 1.54) is 50.5 Å². The van der Waals surface area contributed by atoms with Gasteiger partial charge in [0.2, 0.25) is 5.95 Å². The molecule has 1 aromatic heterocycles. The Morgan fingerprint density at radius 3 is 2.28 bits per heavy atom. The molecule has 0 amide bonds. The zero-order valence-corrected chi connectivity index (χ0v) is 22.4. The van der Waals surface area contributed by atoms with E-state index in [4.69, 9.17) is 26.9 Å². The highest BCUT2D eigenvalue weighted by Gasteiger charge is 2.34. The van der Waals surface area contributed by atoms with Crippen molar-refractivity contribution in [2.24, 2.45) is 5.92 Å². The van der Waals surface area contributed by atoms with Gasteiger partial charge in [-0.05, 0) is 49.4 Å². The van der Waals surface area contributed by atoms with Crippen LogP contribution in [0, 0.1) is 5.92 Å². The number of hydrogen-bond donors (Lipinski definition) is 2. The normalized spacial score (nSPS) is 20.7. The van der Waals surface area contributed by atoms with Crippen LogP contribution < -0.4 is 20.4 Å². The molecule has 3 heterocycles. The van der Waals surface area contributed by atoms with Gasteiger partial charge in [0.25, 0.3) is 0 Å². The Morgan fingerprint density at radius 1 is 0.972 bits per heavy atom. The van der Waals surface area contributed by atoms with Gasteiger partial charge in [-0.25, -0.2) is 0 Å². The number of aromatic nitrogens is 2. The van der Waals surface area contributed by atoms with E-state index in [2.05, 4.69) is 63.8 Å². The second-order valence-electron chi connectivity index (χ2n) is 10.7. The summed E-state index contributed by atoms with van der Waals surface area (Å²) in [6.07, 6.45) is 8.61. The van der Waals surface area contributed by atoms with Crippen molar-refractivity contribution in [1.29, 1.82) is 0 Å². The predicted molar refractivity (Wildman–Crippen MR) is 151 cm³/mol. The highest BCUT2D eigenvalue weighted by molar-refractivity contribution is 7.80. The van der Waals surface area contributed by atoms with Crippen LogP contribution in [0.15, 0.2) is 36.4 Å². The Balaban J connectivity index is 1.31. The predicted octanol–water partition coefficient (Wildman–Crippen LogP) is 4.74. The summed E-state index contributed by atoms with van der Waals surface area (Å²) in [6.45, 7) is 8.36. The molecule has 2 aliphatic heterocycles. The monoisotopic (exact) mass is 508 g/mol. The van der Waals surface area contributed by atoms with E-state index in [-0.39, 0.29) is 5.41 Å². The molecule has 2 aromatic rings. The Kier molecular flexibility index (Phi) is 8.22.